The van der Waals surface area contributed by atoms with Gasteiger partial charge < -0.3 is 14.2 Å². The summed E-state index contributed by atoms with van der Waals surface area (Å²) in [5.41, 5.74) is 0. The molecule has 0 aromatic heterocycles. The van der Waals surface area contributed by atoms with Crippen LogP contribution in [0.15, 0.2) is 36.5 Å². The predicted molar refractivity (Wildman–Crippen MR) is 349 cm³/mol. The minimum absolute atomic E-state index is 0.0716. The molecule has 80 heavy (non-hydrogen) atoms. The minimum atomic E-state index is -0.777. The maximum Gasteiger partial charge on any atom is 0.306 e. The van der Waals surface area contributed by atoms with Crippen molar-refractivity contribution < 1.29 is 28.6 Å². The number of hydrogen-bond donors (Lipinski definition) is 0. The lowest BCUT2D eigenvalue weighted by Gasteiger charge is -2.18. The average molecular weight is 1120 g/mol. The monoisotopic (exact) mass is 1120 g/mol. The molecule has 0 aromatic carbocycles. The lowest BCUT2D eigenvalue weighted by Crippen LogP contribution is -2.30. The van der Waals surface area contributed by atoms with Crippen LogP contribution in [0.3, 0.4) is 0 Å². The third-order valence-electron chi connectivity index (χ3n) is 16.4. The SMILES string of the molecule is CCCCC/C=C\C/C=C\C/C=C\CCCCCCCCC(=O)OC(COC(=O)CCCCCCCCCCCCCCCCCCCCC)COC(=O)CCCCCCCCCCCCCCCCCCCCCCCCCC. The molecule has 0 aliphatic heterocycles. The lowest BCUT2D eigenvalue weighted by molar-refractivity contribution is -0.167. The smallest absolute Gasteiger partial charge is 0.306 e. The number of ether oxygens (including phenoxy) is 3. The van der Waals surface area contributed by atoms with E-state index in [1.54, 1.807) is 0 Å². The van der Waals surface area contributed by atoms with Crippen LogP contribution in [0.2, 0.25) is 0 Å². The van der Waals surface area contributed by atoms with Gasteiger partial charge in [0, 0.05) is 19.3 Å². The summed E-state index contributed by atoms with van der Waals surface area (Å²) in [5, 5.41) is 0. The number of esters is 3. The van der Waals surface area contributed by atoms with Gasteiger partial charge in [-0.1, -0.05) is 359 Å². The van der Waals surface area contributed by atoms with E-state index < -0.39 is 6.10 Å². The van der Waals surface area contributed by atoms with Crippen molar-refractivity contribution in [3.05, 3.63) is 36.5 Å². The first kappa shape index (κ1) is 77.6. The molecule has 0 spiro atoms. The van der Waals surface area contributed by atoms with Crippen LogP contribution in [0.4, 0.5) is 0 Å². The van der Waals surface area contributed by atoms with E-state index in [0.29, 0.717) is 19.3 Å². The van der Waals surface area contributed by atoms with Crippen molar-refractivity contribution in [2.45, 2.75) is 406 Å². The van der Waals surface area contributed by atoms with Crippen LogP contribution in [0.1, 0.15) is 400 Å². The Kier molecular flexibility index (Phi) is 67.1. The Labute approximate surface area is 499 Å². The zero-order valence-corrected chi connectivity index (χ0v) is 54.1. The van der Waals surface area contributed by atoms with Crippen LogP contribution in [-0.2, 0) is 28.6 Å². The molecular weight excluding hydrogens is 985 g/mol. The van der Waals surface area contributed by atoms with Crippen LogP contribution < -0.4 is 0 Å². The van der Waals surface area contributed by atoms with Gasteiger partial charge in [0.2, 0.25) is 0 Å². The van der Waals surface area contributed by atoms with Gasteiger partial charge in [-0.3, -0.25) is 14.4 Å². The average Bonchev–Trinajstić information content (AvgIpc) is 3.46. The van der Waals surface area contributed by atoms with Crippen molar-refractivity contribution in [1.82, 2.24) is 0 Å². The highest BCUT2D eigenvalue weighted by molar-refractivity contribution is 5.71. The van der Waals surface area contributed by atoms with Crippen LogP contribution in [0.5, 0.6) is 0 Å². The first-order valence-corrected chi connectivity index (χ1v) is 36.0. The van der Waals surface area contributed by atoms with Gasteiger partial charge in [0.25, 0.3) is 0 Å². The first-order chi connectivity index (χ1) is 39.5. The molecular formula is C74H138O6. The topological polar surface area (TPSA) is 78.9 Å². The molecule has 0 bridgehead atoms. The Morgan fingerprint density at radius 1 is 0.250 bits per heavy atom. The molecule has 0 amide bonds. The summed E-state index contributed by atoms with van der Waals surface area (Å²) in [4.78, 5) is 38.5. The fourth-order valence-corrected chi connectivity index (χ4v) is 11.0. The van der Waals surface area contributed by atoms with E-state index in [9.17, 15) is 14.4 Å². The van der Waals surface area contributed by atoms with Gasteiger partial charge in [-0.15, -0.1) is 0 Å². The Balaban J connectivity index is 4.30. The van der Waals surface area contributed by atoms with Crippen molar-refractivity contribution in [3.8, 4) is 0 Å². The third-order valence-corrected chi connectivity index (χ3v) is 16.4. The summed E-state index contributed by atoms with van der Waals surface area (Å²) < 4.78 is 17.0. The maximum atomic E-state index is 13.0. The molecule has 0 N–H and O–H groups in total. The van der Waals surface area contributed by atoms with Gasteiger partial charge in [0.05, 0.1) is 0 Å². The highest BCUT2D eigenvalue weighted by Gasteiger charge is 2.19. The molecule has 6 heteroatoms. The largest absolute Gasteiger partial charge is 0.462 e. The summed E-state index contributed by atoms with van der Waals surface area (Å²) in [7, 11) is 0. The zero-order chi connectivity index (χ0) is 57.8. The van der Waals surface area contributed by atoms with Crippen molar-refractivity contribution in [1.29, 1.82) is 0 Å². The molecule has 0 aliphatic carbocycles. The highest BCUT2D eigenvalue weighted by atomic mass is 16.6. The van der Waals surface area contributed by atoms with Crippen LogP contribution >= 0.6 is 0 Å². The van der Waals surface area contributed by atoms with E-state index in [2.05, 4.69) is 57.2 Å². The zero-order valence-electron chi connectivity index (χ0n) is 54.1. The van der Waals surface area contributed by atoms with Gasteiger partial charge in [0.15, 0.2) is 6.10 Å². The van der Waals surface area contributed by atoms with Gasteiger partial charge in [-0.05, 0) is 57.8 Å². The molecule has 0 fully saturated rings. The minimum Gasteiger partial charge on any atom is -0.462 e. The molecule has 0 aromatic rings. The summed E-state index contributed by atoms with van der Waals surface area (Å²) in [5.74, 6) is -0.851. The molecule has 1 atom stereocenters. The Hall–Kier alpha value is -2.37. The number of unbranched alkanes of at least 4 members (excludes halogenated alkanes) is 50. The van der Waals surface area contributed by atoms with Crippen molar-refractivity contribution >= 4 is 17.9 Å². The van der Waals surface area contributed by atoms with Crippen molar-refractivity contribution in [2.24, 2.45) is 0 Å². The Bertz CT molecular complexity index is 1340. The second-order valence-corrected chi connectivity index (χ2v) is 24.5. The third kappa shape index (κ3) is 66.4. The molecule has 0 radical (unpaired) electrons. The van der Waals surface area contributed by atoms with Crippen LogP contribution in [0, 0.1) is 0 Å². The fraction of sp³-hybridized carbons (Fsp3) is 0.878. The summed E-state index contributed by atoms with van der Waals surface area (Å²) >= 11 is 0. The van der Waals surface area contributed by atoms with Gasteiger partial charge >= 0.3 is 17.9 Å². The number of hydrogen-bond acceptors (Lipinski definition) is 6. The molecule has 6 nitrogen and oxygen atoms in total. The Morgan fingerprint density at radius 2 is 0.450 bits per heavy atom. The second kappa shape index (κ2) is 69.1. The molecule has 0 saturated carbocycles. The van der Waals surface area contributed by atoms with Gasteiger partial charge in [0.1, 0.15) is 13.2 Å². The standard InChI is InChI=1S/C74H138O6/c1-4-7-10-13-16-19-22-25-28-31-34-35-36-37-38-41-43-46-49-52-55-58-61-64-67-73(76)79-70-71(80-74(77)68-65-62-59-56-53-50-47-44-40-33-30-27-24-21-18-15-12-9-6-3)69-78-72(75)66-63-60-57-54-51-48-45-42-39-32-29-26-23-20-17-14-11-8-5-2/h18,21,27,30,40,44,71H,4-17,19-20,22-26,28-29,31-39,41-43,45-70H2,1-3H3/b21-18-,30-27-,44-40-. The molecule has 0 aliphatic rings. The van der Waals surface area contributed by atoms with E-state index in [1.807, 2.05) is 0 Å². The first-order valence-electron chi connectivity index (χ1n) is 36.0. The Morgan fingerprint density at radius 3 is 0.725 bits per heavy atom. The van der Waals surface area contributed by atoms with Crippen LogP contribution in [0.25, 0.3) is 0 Å². The molecule has 0 heterocycles. The van der Waals surface area contributed by atoms with E-state index in [0.717, 1.165) is 77.0 Å². The molecule has 470 valence electrons. The normalized spacial score (nSPS) is 12.2. The molecule has 0 saturated heterocycles. The summed E-state index contributed by atoms with van der Waals surface area (Å²) in [6, 6.07) is 0. The fourth-order valence-electron chi connectivity index (χ4n) is 11.0. The summed E-state index contributed by atoms with van der Waals surface area (Å²) in [6.45, 7) is 6.69. The van der Waals surface area contributed by atoms with Crippen LogP contribution in [-0.4, -0.2) is 37.2 Å². The number of carbonyl (C=O) groups is 3. The van der Waals surface area contributed by atoms with E-state index in [4.69, 9.17) is 14.2 Å². The number of rotatable bonds is 67. The van der Waals surface area contributed by atoms with E-state index >= 15 is 0 Å². The summed E-state index contributed by atoms with van der Waals surface area (Å²) in [6.07, 6.45) is 86.0. The highest BCUT2D eigenvalue weighted by Crippen LogP contribution is 2.19. The molecule has 1 unspecified atom stereocenters. The van der Waals surface area contributed by atoms with Gasteiger partial charge in [-0.2, -0.15) is 0 Å². The van der Waals surface area contributed by atoms with E-state index in [-0.39, 0.29) is 31.1 Å². The molecule has 0 rings (SSSR count). The van der Waals surface area contributed by atoms with Gasteiger partial charge in [-0.25, -0.2) is 0 Å². The maximum absolute atomic E-state index is 13.0. The van der Waals surface area contributed by atoms with E-state index in [1.165, 1.54) is 283 Å². The second-order valence-electron chi connectivity index (χ2n) is 24.5. The number of carbonyl (C=O) groups excluding carboxylic acids is 3. The van der Waals surface area contributed by atoms with Crippen molar-refractivity contribution in [2.75, 3.05) is 13.2 Å². The number of allylic oxidation sites excluding steroid dienone is 6. The predicted octanol–water partition coefficient (Wildman–Crippen LogP) is 24.7. The lowest BCUT2D eigenvalue weighted by atomic mass is 10.0. The van der Waals surface area contributed by atoms with Crippen molar-refractivity contribution in [3.63, 3.8) is 0 Å². The quantitative estimate of drug-likeness (QED) is 0.0261.